The quantitative estimate of drug-likeness (QED) is 0.511. The van der Waals surface area contributed by atoms with Crippen molar-refractivity contribution < 1.29 is 14.3 Å². The smallest absolute Gasteiger partial charge is 0.237 e. The third-order valence-corrected chi connectivity index (χ3v) is 5.53. The lowest BCUT2D eigenvalue weighted by atomic mass is 10.2. The van der Waals surface area contributed by atoms with Crippen molar-refractivity contribution in [1.29, 1.82) is 0 Å². The predicted molar refractivity (Wildman–Crippen MR) is 125 cm³/mol. The molecule has 1 atom stereocenters. The second-order valence-corrected chi connectivity index (χ2v) is 8.32. The minimum absolute atomic E-state index is 0.140. The van der Waals surface area contributed by atoms with Crippen LogP contribution >= 0.6 is 11.8 Å². The molecule has 3 rings (SSSR count). The minimum atomic E-state index is -0.387. The molecule has 160 valence electrons. The van der Waals surface area contributed by atoms with Crippen LogP contribution in [0.1, 0.15) is 18.2 Å². The molecule has 0 saturated heterocycles. The van der Waals surface area contributed by atoms with Gasteiger partial charge in [0.15, 0.2) is 0 Å². The number of aromatic nitrogens is 1. The Morgan fingerprint density at radius 2 is 1.81 bits per heavy atom. The van der Waals surface area contributed by atoms with E-state index in [-0.39, 0.29) is 22.8 Å². The number of thioether (sulfide) groups is 1. The molecule has 1 heterocycles. The average molecular weight is 436 g/mol. The van der Waals surface area contributed by atoms with Gasteiger partial charge < -0.3 is 15.4 Å². The van der Waals surface area contributed by atoms with Crippen LogP contribution in [0.2, 0.25) is 0 Å². The third-order valence-electron chi connectivity index (χ3n) is 4.38. The van der Waals surface area contributed by atoms with Crippen LogP contribution in [0.25, 0.3) is 0 Å². The number of carbonyl (C=O) groups excluding carboxylic acids is 2. The maximum absolute atomic E-state index is 12.5. The fourth-order valence-corrected chi connectivity index (χ4v) is 3.34. The lowest BCUT2D eigenvalue weighted by Crippen LogP contribution is -2.25. The number of hydrogen-bond donors (Lipinski definition) is 2. The average Bonchev–Trinajstić information content (AvgIpc) is 2.78. The van der Waals surface area contributed by atoms with Crippen molar-refractivity contribution in [2.45, 2.75) is 25.7 Å². The van der Waals surface area contributed by atoms with E-state index >= 15 is 0 Å². The molecule has 31 heavy (non-hydrogen) atoms. The summed E-state index contributed by atoms with van der Waals surface area (Å²) in [6.07, 6.45) is 1.72. The summed E-state index contributed by atoms with van der Waals surface area (Å²) in [5, 5.41) is 5.32. The summed E-state index contributed by atoms with van der Waals surface area (Å²) in [5.74, 6) is 0.519. The van der Waals surface area contributed by atoms with Crippen molar-refractivity contribution in [3.8, 4) is 5.75 Å². The summed E-state index contributed by atoms with van der Waals surface area (Å²) in [6.45, 7) is 4.12. The summed E-state index contributed by atoms with van der Waals surface area (Å²) < 4.78 is 5.75. The summed E-state index contributed by atoms with van der Waals surface area (Å²) in [4.78, 5) is 28.9. The molecule has 0 saturated carbocycles. The predicted octanol–water partition coefficient (Wildman–Crippen LogP) is 4.67. The number of pyridine rings is 1. The fraction of sp³-hybridized carbons (Fsp3) is 0.208. The Morgan fingerprint density at radius 1 is 1.00 bits per heavy atom. The first-order valence-corrected chi connectivity index (χ1v) is 11.0. The van der Waals surface area contributed by atoms with Gasteiger partial charge in [0.25, 0.3) is 0 Å². The highest BCUT2D eigenvalue weighted by atomic mass is 32.2. The number of nitrogens with zero attached hydrogens (tertiary/aromatic N) is 1. The first-order valence-electron chi connectivity index (χ1n) is 9.91. The number of carbonyl (C=O) groups is 2. The Bertz CT molecular complexity index is 1010. The molecular weight excluding hydrogens is 410 g/mol. The number of nitrogens with one attached hydrogen (secondary N) is 2. The van der Waals surface area contributed by atoms with E-state index in [0.717, 1.165) is 16.9 Å². The first kappa shape index (κ1) is 22.4. The van der Waals surface area contributed by atoms with E-state index in [1.54, 1.807) is 25.3 Å². The van der Waals surface area contributed by atoms with Gasteiger partial charge in [-0.2, -0.15) is 0 Å². The van der Waals surface area contributed by atoms with E-state index in [9.17, 15) is 9.59 Å². The molecule has 0 aliphatic heterocycles. The lowest BCUT2D eigenvalue weighted by Gasteiger charge is -2.13. The highest BCUT2D eigenvalue weighted by Gasteiger charge is 2.16. The summed E-state index contributed by atoms with van der Waals surface area (Å²) in [7, 11) is 0. The topological polar surface area (TPSA) is 80.3 Å². The van der Waals surface area contributed by atoms with Crippen molar-refractivity contribution in [2.75, 3.05) is 16.4 Å². The molecule has 7 heteroatoms. The maximum Gasteiger partial charge on any atom is 0.237 e. The summed E-state index contributed by atoms with van der Waals surface area (Å²) in [6, 6.07) is 20.4. The van der Waals surface area contributed by atoms with Gasteiger partial charge in [0.2, 0.25) is 11.8 Å². The number of anilines is 2. The molecule has 1 aromatic heterocycles. The van der Waals surface area contributed by atoms with Gasteiger partial charge in [-0.25, -0.2) is 0 Å². The Kier molecular flexibility index (Phi) is 8.06. The number of ether oxygens (including phenoxy) is 1. The van der Waals surface area contributed by atoms with Crippen LogP contribution in [0.5, 0.6) is 5.75 Å². The zero-order valence-corrected chi connectivity index (χ0v) is 18.3. The van der Waals surface area contributed by atoms with Gasteiger partial charge >= 0.3 is 0 Å². The van der Waals surface area contributed by atoms with Crippen molar-refractivity contribution in [2.24, 2.45) is 0 Å². The normalized spacial score (nSPS) is 11.4. The van der Waals surface area contributed by atoms with Gasteiger partial charge in [0, 0.05) is 23.6 Å². The van der Waals surface area contributed by atoms with Crippen molar-refractivity contribution in [3.63, 3.8) is 0 Å². The van der Waals surface area contributed by atoms with E-state index in [1.807, 2.05) is 61.5 Å². The van der Waals surface area contributed by atoms with Gasteiger partial charge in [-0.15, -0.1) is 11.8 Å². The van der Waals surface area contributed by atoms with Gasteiger partial charge in [-0.05, 0) is 50.2 Å². The van der Waals surface area contributed by atoms with E-state index in [4.69, 9.17) is 4.74 Å². The molecule has 0 fully saturated rings. The van der Waals surface area contributed by atoms with Gasteiger partial charge in [0.05, 0.1) is 16.7 Å². The molecule has 1 unspecified atom stereocenters. The largest absolute Gasteiger partial charge is 0.487 e. The van der Waals surface area contributed by atoms with Crippen LogP contribution in [-0.4, -0.2) is 27.8 Å². The van der Waals surface area contributed by atoms with Crippen LogP contribution in [-0.2, 0) is 16.2 Å². The Balaban J connectivity index is 1.45. The SMILES string of the molecule is Cc1ccc(NC(=O)CSC(C)C(=O)Nc2cccc(OCc3ccccn3)c2)cc1. The molecular formula is C24H25N3O3S. The van der Waals surface area contributed by atoms with E-state index in [1.165, 1.54) is 11.8 Å². The highest BCUT2D eigenvalue weighted by Crippen LogP contribution is 2.20. The van der Waals surface area contributed by atoms with Crippen molar-refractivity contribution in [1.82, 2.24) is 4.98 Å². The second-order valence-electron chi connectivity index (χ2n) is 6.99. The molecule has 0 bridgehead atoms. The molecule has 0 spiro atoms. The molecule has 3 aromatic rings. The zero-order chi connectivity index (χ0) is 22.1. The maximum atomic E-state index is 12.5. The Labute approximate surface area is 186 Å². The standard InChI is InChI=1S/C24H25N3O3S/c1-17-9-11-19(12-10-17)26-23(28)16-31-18(2)24(29)27-20-7-5-8-22(14-20)30-15-21-6-3-4-13-25-21/h3-14,18H,15-16H2,1-2H3,(H,26,28)(H,27,29). The molecule has 0 radical (unpaired) electrons. The van der Waals surface area contributed by atoms with Gasteiger partial charge in [0.1, 0.15) is 12.4 Å². The van der Waals surface area contributed by atoms with Gasteiger partial charge in [-0.1, -0.05) is 29.8 Å². The number of aryl methyl sites for hydroxylation is 1. The number of benzene rings is 2. The zero-order valence-electron chi connectivity index (χ0n) is 17.5. The molecule has 0 aliphatic carbocycles. The number of rotatable bonds is 9. The minimum Gasteiger partial charge on any atom is -0.487 e. The van der Waals surface area contributed by atoms with Crippen LogP contribution in [0, 0.1) is 6.92 Å². The second kappa shape index (κ2) is 11.2. The monoisotopic (exact) mass is 435 g/mol. The molecule has 0 aliphatic rings. The lowest BCUT2D eigenvalue weighted by molar-refractivity contribution is -0.115. The number of amides is 2. The van der Waals surface area contributed by atoms with Crippen LogP contribution in [0.3, 0.4) is 0 Å². The van der Waals surface area contributed by atoms with E-state index in [0.29, 0.717) is 18.0 Å². The number of hydrogen-bond acceptors (Lipinski definition) is 5. The molecule has 2 aromatic carbocycles. The van der Waals surface area contributed by atoms with Crippen molar-refractivity contribution >= 4 is 35.0 Å². The van der Waals surface area contributed by atoms with Crippen LogP contribution in [0.4, 0.5) is 11.4 Å². The van der Waals surface area contributed by atoms with Crippen LogP contribution in [0.15, 0.2) is 72.9 Å². The molecule has 2 N–H and O–H groups in total. The van der Waals surface area contributed by atoms with Crippen LogP contribution < -0.4 is 15.4 Å². The van der Waals surface area contributed by atoms with Crippen molar-refractivity contribution in [3.05, 3.63) is 84.2 Å². The first-order chi connectivity index (χ1) is 15.0. The molecule has 2 amide bonds. The fourth-order valence-electron chi connectivity index (χ4n) is 2.66. The Morgan fingerprint density at radius 3 is 2.55 bits per heavy atom. The summed E-state index contributed by atoms with van der Waals surface area (Å²) >= 11 is 1.28. The third kappa shape index (κ3) is 7.46. The molecule has 6 nitrogen and oxygen atoms in total. The summed E-state index contributed by atoms with van der Waals surface area (Å²) in [5.41, 5.74) is 3.34. The Hall–Kier alpha value is -3.32. The van der Waals surface area contributed by atoms with Gasteiger partial charge in [-0.3, -0.25) is 14.6 Å². The van der Waals surface area contributed by atoms with E-state index < -0.39 is 0 Å². The van der Waals surface area contributed by atoms with E-state index in [2.05, 4.69) is 15.6 Å². The highest BCUT2D eigenvalue weighted by molar-refractivity contribution is 8.01.